The number of aliphatic imine (C=N–C) groups is 1. The summed E-state index contributed by atoms with van der Waals surface area (Å²) in [6.45, 7) is 3.96. The van der Waals surface area contributed by atoms with Gasteiger partial charge in [-0.15, -0.1) is 0 Å². The number of benzene rings is 3. The summed E-state index contributed by atoms with van der Waals surface area (Å²) in [6, 6.07) is 23.6. The molecule has 5 rings (SSSR count). The van der Waals surface area contributed by atoms with Gasteiger partial charge in [-0.25, -0.2) is 5.01 Å². The van der Waals surface area contributed by atoms with Gasteiger partial charge in [0.25, 0.3) is 5.91 Å². The molecule has 0 aromatic heterocycles. The molecule has 3 aromatic rings. The van der Waals surface area contributed by atoms with Crippen LogP contribution in [0, 0.1) is 13.8 Å². The van der Waals surface area contributed by atoms with Gasteiger partial charge in [0.2, 0.25) is 5.91 Å². The number of rotatable bonds is 6. The first-order chi connectivity index (χ1) is 17.9. The Kier molecular flexibility index (Phi) is 7.10. The lowest BCUT2D eigenvalue weighted by Gasteiger charge is -2.23. The van der Waals surface area contributed by atoms with E-state index in [0.717, 1.165) is 39.4 Å². The monoisotopic (exact) mass is 512 g/mol. The van der Waals surface area contributed by atoms with Gasteiger partial charge < -0.3 is 10.1 Å². The molecule has 0 fully saturated rings. The highest BCUT2D eigenvalue weighted by molar-refractivity contribution is 8.15. The van der Waals surface area contributed by atoms with Crippen molar-refractivity contribution < 1.29 is 14.3 Å². The van der Waals surface area contributed by atoms with Crippen LogP contribution in [0.5, 0.6) is 5.75 Å². The van der Waals surface area contributed by atoms with Crippen molar-refractivity contribution in [1.82, 2.24) is 5.01 Å². The van der Waals surface area contributed by atoms with Crippen molar-refractivity contribution in [3.63, 3.8) is 0 Å². The van der Waals surface area contributed by atoms with Gasteiger partial charge in [0.05, 0.1) is 18.9 Å². The average Bonchev–Trinajstić information content (AvgIpc) is 3.50. The number of amidine groups is 1. The van der Waals surface area contributed by atoms with Crippen LogP contribution < -0.4 is 10.1 Å². The summed E-state index contributed by atoms with van der Waals surface area (Å²) in [6.07, 6.45) is 0.713. The molecule has 0 saturated carbocycles. The maximum absolute atomic E-state index is 12.8. The quantitative estimate of drug-likeness (QED) is 0.472. The Hall–Kier alpha value is -3.91. The zero-order valence-electron chi connectivity index (χ0n) is 21.0. The topological polar surface area (TPSA) is 83.4 Å². The minimum atomic E-state index is -0.586. The molecule has 7 nitrogen and oxygen atoms in total. The summed E-state index contributed by atoms with van der Waals surface area (Å²) in [5, 5.41) is 9.60. The van der Waals surface area contributed by atoms with Crippen LogP contribution >= 0.6 is 11.8 Å². The number of methoxy groups -OCH3 is 1. The third-order valence-corrected chi connectivity index (χ3v) is 7.61. The van der Waals surface area contributed by atoms with Gasteiger partial charge in [-0.3, -0.25) is 9.59 Å². The third kappa shape index (κ3) is 5.44. The number of amides is 2. The van der Waals surface area contributed by atoms with E-state index in [9.17, 15) is 9.59 Å². The van der Waals surface area contributed by atoms with Gasteiger partial charge in [0.1, 0.15) is 11.0 Å². The number of nitrogens with zero attached hydrogens (tertiary/aromatic N) is 3. The Bertz CT molecular complexity index is 1390. The van der Waals surface area contributed by atoms with E-state index in [1.807, 2.05) is 79.5 Å². The zero-order chi connectivity index (χ0) is 25.9. The molecule has 0 unspecified atom stereocenters. The lowest BCUT2D eigenvalue weighted by Crippen LogP contribution is -2.25. The van der Waals surface area contributed by atoms with Crippen molar-refractivity contribution in [3.8, 4) is 5.75 Å². The van der Waals surface area contributed by atoms with Gasteiger partial charge in [-0.2, -0.15) is 10.1 Å². The Balaban J connectivity index is 1.34. The summed E-state index contributed by atoms with van der Waals surface area (Å²) in [5.41, 5.74) is 5.85. The molecule has 0 spiro atoms. The van der Waals surface area contributed by atoms with Crippen LogP contribution in [-0.2, 0) is 9.59 Å². The van der Waals surface area contributed by atoms with E-state index in [2.05, 4.69) is 22.4 Å². The highest BCUT2D eigenvalue weighted by Crippen LogP contribution is 2.38. The molecule has 37 heavy (non-hydrogen) atoms. The minimum Gasteiger partial charge on any atom is -0.497 e. The number of carbonyl (C=O) groups is 2. The predicted molar refractivity (Wildman–Crippen MR) is 148 cm³/mol. The van der Waals surface area contributed by atoms with Gasteiger partial charge in [0.15, 0.2) is 5.17 Å². The fraction of sp³-hybridized carbons (Fsp3) is 0.241. The fourth-order valence-corrected chi connectivity index (χ4v) is 5.57. The van der Waals surface area contributed by atoms with Gasteiger partial charge >= 0.3 is 0 Å². The molecule has 0 aliphatic carbocycles. The number of nitrogens with one attached hydrogen (secondary N) is 1. The number of thioether (sulfide) groups is 1. The molecule has 2 atom stereocenters. The minimum absolute atomic E-state index is 0.0444. The van der Waals surface area contributed by atoms with E-state index in [1.54, 1.807) is 7.11 Å². The highest BCUT2D eigenvalue weighted by Gasteiger charge is 2.39. The normalized spacial score (nSPS) is 19.0. The highest BCUT2D eigenvalue weighted by atomic mass is 32.2. The maximum Gasteiger partial charge on any atom is 0.262 e. The maximum atomic E-state index is 12.8. The van der Waals surface area contributed by atoms with Gasteiger partial charge in [0, 0.05) is 18.5 Å². The number of hydrogen-bond acceptors (Lipinski definition) is 6. The third-order valence-electron chi connectivity index (χ3n) is 6.47. The second kappa shape index (κ2) is 10.6. The first-order valence-electron chi connectivity index (χ1n) is 12.1. The van der Waals surface area contributed by atoms with Crippen molar-refractivity contribution in [2.75, 3.05) is 12.4 Å². The van der Waals surface area contributed by atoms with Crippen LogP contribution in [-0.4, -0.2) is 40.1 Å². The smallest absolute Gasteiger partial charge is 0.262 e. The second-order valence-electron chi connectivity index (χ2n) is 9.16. The van der Waals surface area contributed by atoms with Crippen LogP contribution in [0.15, 0.2) is 82.9 Å². The second-order valence-corrected chi connectivity index (χ2v) is 10.3. The van der Waals surface area contributed by atoms with Crippen molar-refractivity contribution in [1.29, 1.82) is 0 Å². The van der Waals surface area contributed by atoms with Crippen LogP contribution in [0.3, 0.4) is 0 Å². The fourth-order valence-electron chi connectivity index (χ4n) is 4.51. The largest absolute Gasteiger partial charge is 0.497 e. The Morgan fingerprint density at radius 3 is 2.54 bits per heavy atom. The first kappa shape index (κ1) is 24.8. The molecule has 0 bridgehead atoms. The van der Waals surface area contributed by atoms with Crippen LogP contribution in [0.2, 0.25) is 0 Å². The summed E-state index contributed by atoms with van der Waals surface area (Å²) in [4.78, 5) is 29.9. The molecular weight excluding hydrogens is 484 g/mol. The number of hydrogen-bond donors (Lipinski definition) is 1. The van der Waals surface area contributed by atoms with Crippen LogP contribution in [0.1, 0.15) is 41.1 Å². The Labute approximate surface area is 220 Å². The number of ether oxygens (including phenoxy) is 1. The number of carbonyl (C=O) groups excluding carboxylic acids is 2. The number of aryl methyl sites for hydroxylation is 2. The Morgan fingerprint density at radius 2 is 1.84 bits per heavy atom. The lowest BCUT2D eigenvalue weighted by molar-refractivity contribution is -0.121. The van der Waals surface area contributed by atoms with Crippen LogP contribution in [0.25, 0.3) is 0 Å². The van der Waals surface area contributed by atoms with E-state index in [1.165, 1.54) is 11.8 Å². The van der Waals surface area contributed by atoms with Crippen LogP contribution in [0.4, 0.5) is 5.69 Å². The molecule has 2 amide bonds. The number of hydrazone groups is 1. The number of anilines is 1. The molecule has 8 heteroatoms. The van der Waals surface area contributed by atoms with Crippen molar-refractivity contribution in [2.24, 2.45) is 10.1 Å². The van der Waals surface area contributed by atoms with E-state index in [4.69, 9.17) is 9.84 Å². The van der Waals surface area contributed by atoms with E-state index >= 15 is 0 Å². The molecule has 1 N–H and O–H groups in total. The lowest BCUT2D eigenvalue weighted by atomic mass is 9.98. The van der Waals surface area contributed by atoms with Crippen molar-refractivity contribution >= 4 is 40.1 Å². The van der Waals surface area contributed by atoms with Gasteiger partial charge in [-0.1, -0.05) is 59.8 Å². The molecule has 2 heterocycles. The van der Waals surface area contributed by atoms with E-state index in [-0.39, 0.29) is 24.3 Å². The molecule has 2 aliphatic heterocycles. The van der Waals surface area contributed by atoms with E-state index < -0.39 is 5.25 Å². The summed E-state index contributed by atoms with van der Waals surface area (Å²) in [7, 11) is 1.64. The molecule has 0 saturated heterocycles. The average molecular weight is 513 g/mol. The predicted octanol–water partition coefficient (Wildman–Crippen LogP) is 5.49. The first-order valence-corrected chi connectivity index (χ1v) is 13.0. The summed E-state index contributed by atoms with van der Waals surface area (Å²) >= 11 is 1.30. The van der Waals surface area contributed by atoms with E-state index in [0.29, 0.717) is 11.6 Å². The summed E-state index contributed by atoms with van der Waals surface area (Å²) < 4.78 is 5.29. The standard InChI is InChI=1S/C29H28N4O3S/c1-18-9-14-23(19(2)15-18)30-27(34)17-26-28(35)31-29(37-26)33-25(21-7-5-4-6-8-21)16-24(32-33)20-10-12-22(36-3)13-11-20/h4-15,25-26H,16-17H2,1-3H3,(H,30,34)/t25-,26+/m0/s1. The van der Waals surface area contributed by atoms with Crippen molar-refractivity contribution in [2.45, 2.75) is 38.0 Å². The molecule has 188 valence electrons. The SMILES string of the molecule is COc1ccc(C2=NN(C3=NC(=O)[C@@H](CC(=O)Nc4ccc(C)cc4C)S3)[C@H](c3ccccc3)C2)cc1. The summed E-state index contributed by atoms with van der Waals surface area (Å²) in [5.74, 6) is 0.260. The molecule has 3 aromatic carbocycles. The zero-order valence-corrected chi connectivity index (χ0v) is 21.8. The Morgan fingerprint density at radius 1 is 1.08 bits per heavy atom. The molecular formula is C29H28N4O3S. The molecule has 2 aliphatic rings. The van der Waals surface area contributed by atoms with Crippen molar-refractivity contribution in [3.05, 3.63) is 95.1 Å². The van der Waals surface area contributed by atoms with Gasteiger partial charge in [-0.05, 0) is 60.9 Å². The molecule has 0 radical (unpaired) electrons.